The predicted molar refractivity (Wildman–Crippen MR) is 113 cm³/mol. The Bertz CT molecular complexity index is 1100. The number of fused-ring (bicyclic) bond motifs is 3. The van der Waals surface area contributed by atoms with E-state index in [4.69, 9.17) is 26.2 Å². The van der Waals surface area contributed by atoms with E-state index >= 15 is 0 Å². The summed E-state index contributed by atoms with van der Waals surface area (Å²) < 4.78 is 11.1. The van der Waals surface area contributed by atoms with Crippen LogP contribution in [0.2, 0.25) is 5.02 Å². The van der Waals surface area contributed by atoms with Gasteiger partial charge >= 0.3 is 5.97 Å². The highest BCUT2D eigenvalue weighted by Crippen LogP contribution is 2.48. The molecule has 0 aliphatic carbocycles. The number of halogens is 1. The molecule has 2 aliphatic rings. The third-order valence-corrected chi connectivity index (χ3v) is 6.33. The van der Waals surface area contributed by atoms with Crippen molar-refractivity contribution in [3.8, 4) is 5.75 Å². The quantitative estimate of drug-likeness (QED) is 0.526. The second-order valence-corrected chi connectivity index (χ2v) is 8.27. The number of rotatable bonds is 3. The number of nitrogens with zero attached hydrogens (tertiary/aromatic N) is 2. The predicted octanol–water partition coefficient (Wildman–Crippen LogP) is 5.43. The van der Waals surface area contributed by atoms with Gasteiger partial charge in [0.1, 0.15) is 5.75 Å². The third-order valence-electron chi connectivity index (χ3n) is 5.17. The smallest absolute Gasteiger partial charge is 0.337 e. The van der Waals surface area contributed by atoms with Gasteiger partial charge in [0, 0.05) is 22.6 Å². The highest BCUT2D eigenvalue weighted by atomic mass is 35.5. The summed E-state index contributed by atoms with van der Waals surface area (Å²) >= 11 is 7.94. The summed E-state index contributed by atoms with van der Waals surface area (Å²) in [5.74, 6) is 0.443. The average molecular weight is 425 g/mol. The molecule has 7 heteroatoms. The van der Waals surface area contributed by atoms with Gasteiger partial charge in [-0.2, -0.15) is 5.10 Å². The second-order valence-electron chi connectivity index (χ2n) is 6.89. The van der Waals surface area contributed by atoms with Crippen LogP contribution >= 0.6 is 22.9 Å². The normalized spacial score (nSPS) is 19.8. The Morgan fingerprint density at radius 1 is 1.24 bits per heavy atom. The lowest BCUT2D eigenvalue weighted by atomic mass is 9.97. The summed E-state index contributed by atoms with van der Waals surface area (Å²) in [4.78, 5) is 12.9. The second kappa shape index (κ2) is 7.21. The number of esters is 1. The SMILES string of the molecule is COC(=O)c1ccc([C@@H]2Oc3ccc(Cl)cc3[C@H]3CC(c4cccs4)=NN32)cc1. The summed E-state index contributed by atoms with van der Waals surface area (Å²) in [5, 5.41) is 9.65. The maximum atomic E-state index is 11.8. The van der Waals surface area contributed by atoms with Crippen LogP contribution in [0.1, 0.15) is 45.1 Å². The fraction of sp³-hybridized carbons (Fsp3) is 0.182. The van der Waals surface area contributed by atoms with Gasteiger partial charge in [-0.3, -0.25) is 0 Å². The lowest BCUT2D eigenvalue weighted by molar-refractivity contribution is -0.0190. The van der Waals surface area contributed by atoms with Gasteiger partial charge in [-0.25, -0.2) is 9.80 Å². The molecule has 146 valence electrons. The van der Waals surface area contributed by atoms with Crippen molar-refractivity contribution in [2.75, 3.05) is 7.11 Å². The molecule has 5 rings (SSSR count). The number of carbonyl (C=O) groups excluding carboxylic acids is 1. The van der Waals surface area contributed by atoms with Crippen LogP contribution in [0.5, 0.6) is 5.75 Å². The van der Waals surface area contributed by atoms with Crippen molar-refractivity contribution in [1.82, 2.24) is 5.01 Å². The molecule has 2 aromatic carbocycles. The van der Waals surface area contributed by atoms with E-state index in [1.54, 1.807) is 23.5 Å². The molecule has 5 nitrogen and oxygen atoms in total. The van der Waals surface area contributed by atoms with E-state index in [1.165, 1.54) is 7.11 Å². The monoisotopic (exact) mass is 424 g/mol. The fourth-order valence-corrected chi connectivity index (χ4v) is 4.67. The van der Waals surface area contributed by atoms with E-state index in [2.05, 4.69) is 11.4 Å². The lowest BCUT2D eigenvalue weighted by Gasteiger charge is -2.38. The average Bonchev–Trinajstić information content (AvgIpc) is 3.43. The number of hydrogen-bond donors (Lipinski definition) is 0. The van der Waals surface area contributed by atoms with E-state index in [1.807, 2.05) is 41.4 Å². The molecule has 29 heavy (non-hydrogen) atoms. The third kappa shape index (κ3) is 3.18. The molecule has 2 aliphatic heterocycles. The van der Waals surface area contributed by atoms with Crippen LogP contribution in [0.25, 0.3) is 0 Å². The van der Waals surface area contributed by atoms with Crippen LogP contribution in [-0.2, 0) is 4.74 Å². The molecule has 0 spiro atoms. The number of hydrazone groups is 1. The largest absolute Gasteiger partial charge is 0.465 e. The number of benzene rings is 2. The van der Waals surface area contributed by atoms with E-state index in [9.17, 15) is 4.79 Å². The van der Waals surface area contributed by atoms with Gasteiger partial charge in [-0.05, 0) is 41.8 Å². The summed E-state index contributed by atoms with van der Waals surface area (Å²) in [6.45, 7) is 0. The Morgan fingerprint density at radius 3 is 2.79 bits per heavy atom. The molecule has 0 unspecified atom stereocenters. The van der Waals surface area contributed by atoms with Crippen molar-refractivity contribution < 1.29 is 14.3 Å². The van der Waals surface area contributed by atoms with Crippen molar-refractivity contribution in [1.29, 1.82) is 0 Å². The minimum absolute atomic E-state index is 0.0415. The maximum Gasteiger partial charge on any atom is 0.337 e. The Morgan fingerprint density at radius 2 is 2.07 bits per heavy atom. The minimum Gasteiger partial charge on any atom is -0.465 e. The molecule has 0 N–H and O–H groups in total. The highest BCUT2D eigenvalue weighted by molar-refractivity contribution is 7.12. The molecule has 0 radical (unpaired) electrons. The zero-order valence-corrected chi connectivity index (χ0v) is 17.1. The van der Waals surface area contributed by atoms with Gasteiger partial charge in [0.2, 0.25) is 6.23 Å². The fourth-order valence-electron chi connectivity index (χ4n) is 3.77. The van der Waals surface area contributed by atoms with Crippen molar-refractivity contribution in [2.24, 2.45) is 5.10 Å². The van der Waals surface area contributed by atoms with Crippen molar-refractivity contribution in [2.45, 2.75) is 18.7 Å². The molecular formula is C22H17ClN2O3S. The topological polar surface area (TPSA) is 51.1 Å². The zero-order valence-electron chi connectivity index (χ0n) is 15.5. The summed E-state index contributed by atoms with van der Waals surface area (Å²) in [6, 6.07) is 17.1. The molecule has 0 bridgehead atoms. The van der Waals surface area contributed by atoms with Gasteiger partial charge in [0.15, 0.2) is 0 Å². The first-order chi connectivity index (χ1) is 14.1. The lowest BCUT2D eigenvalue weighted by Crippen LogP contribution is -2.33. The summed E-state index contributed by atoms with van der Waals surface area (Å²) in [7, 11) is 1.37. The van der Waals surface area contributed by atoms with Crippen LogP contribution < -0.4 is 4.74 Å². The maximum absolute atomic E-state index is 11.8. The first-order valence-electron chi connectivity index (χ1n) is 9.18. The van der Waals surface area contributed by atoms with Crippen LogP contribution in [-0.4, -0.2) is 23.8 Å². The number of thiophene rings is 1. The van der Waals surface area contributed by atoms with E-state index < -0.39 is 6.23 Å². The van der Waals surface area contributed by atoms with Crippen molar-refractivity contribution in [3.05, 3.63) is 86.6 Å². The zero-order chi connectivity index (χ0) is 20.0. The molecule has 3 heterocycles. The standard InChI is InChI=1S/C22H17ClN2O3S/c1-27-22(26)14-6-4-13(5-7-14)21-25-18(12-17(24-25)20-3-2-10-29-20)16-11-15(23)8-9-19(16)28-21/h2-11,18,21H,12H2,1H3/t18-,21+/m1/s1. The summed E-state index contributed by atoms with van der Waals surface area (Å²) in [6.07, 6.45) is 0.395. The number of ether oxygens (including phenoxy) is 2. The van der Waals surface area contributed by atoms with E-state index in [0.29, 0.717) is 10.6 Å². The Hall–Kier alpha value is -2.83. The van der Waals surface area contributed by atoms with Gasteiger partial charge in [-0.1, -0.05) is 29.8 Å². The van der Waals surface area contributed by atoms with Crippen molar-refractivity contribution >= 4 is 34.6 Å². The van der Waals surface area contributed by atoms with Crippen LogP contribution in [0.15, 0.2) is 65.1 Å². The Labute approximate surface area is 177 Å². The van der Waals surface area contributed by atoms with Crippen LogP contribution in [0.4, 0.5) is 0 Å². The molecular weight excluding hydrogens is 408 g/mol. The molecule has 1 aromatic heterocycles. The van der Waals surface area contributed by atoms with Gasteiger partial charge in [-0.15, -0.1) is 11.3 Å². The molecule has 0 saturated carbocycles. The Balaban J connectivity index is 1.56. The number of methoxy groups -OCH3 is 1. The molecule has 0 amide bonds. The van der Waals surface area contributed by atoms with Crippen LogP contribution in [0, 0.1) is 0 Å². The number of hydrogen-bond acceptors (Lipinski definition) is 6. The van der Waals surface area contributed by atoms with Gasteiger partial charge in [0.25, 0.3) is 0 Å². The molecule has 3 aromatic rings. The molecule has 0 fully saturated rings. The minimum atomic E-state index is -0.391. The first kappa shape index (κ1) is 18.2. The van der Waals surface area contributed by atoms with Crippen LogP contribution in [0.3, 0.4) is 0 Å². The first-order valence-corrected chi connectivity index (χ1v) is 10.4. The summed E-state index contributed by atoms with van der Waals surface area (Å²) in [5.41, 5.74) is 3.49. The van der Waals surface area contributed by atoms with Gasteiger partial charge in [0.05, 0.1) is 29.3 Å². The van der Waals surface area contributed by atoms with E-state index in [-0.39, 0.29) is 12.0 Å². The van der Waals surface area contributed by atoms with E-state index in [0.717, 1.165) is 33.9 Å². The number of carbonyl (C=O) groups is 1. The Kier molecular flexibility index (Phi) is 4.53. The highest BCUT2D eigenvalue weighted by Gasteiger charge is 2.41. The molecule has 0 saturated heterocycles. The molecule has 2 atom stereocenters. The van der Waals surface area contributed by atoms with Crippen molar-refractivity contribution in [3.63, 3.8) is 0 Å². The van der Waals surface area contributed by atoms with Gasteiger partial charge < -0.3 is 9.47 Å².